The number of rotatable bonds is 4. The highest BCUT2D eigenvalue weighted by atomic mass is 32.2. The molecule has 0 fully saturated rings. The molecule has 0 saturated carbocycles. The summed E-state index contributed by atoms with van der Waals surface area (Å²) >= 11 is 0. The van der Waals surface area contributed by atoms with Crippen LogP contribution in [0.15, 0.2) is 108 Å². The lowest BCUT2D eigenvalue weighted by molar-refractivity contribution is 0.483. The van der Waals surface area contributed by atoms with E-state index >= 15 is 0 Å². The van der Waals surface area contributed by atoms with Gasteiger partial charge in [0.1, 0.15) is 0 Å². The van der Waals surface area contributed by atoms with Gasteiger partial charge in [-0.05, 0) is 45.5 Å². The van der Waals surface area contributed by atoms with Crippen molar-refractivity contribution in [3.8, 4) is 33.4 Å². The van der Waals surface area contributed by atoms with Gasteiger partial charge < -0.3 is 0 Å². The fourth-order valence-electron chi connectivity index (χ4n) is 3.16. The molecule has 4 aromatic carbocycles. The standard InChI is InChI=1S/C24H18O3S/c25-28(26,27)24-16-14-23(15-17-24)22-12-10-21(11-13-22)20-8-6-19(7-9-20)18-4-2-1-3-5-18/h1-17H,(H,25,26,27). The highest BCUT2D eigenvalue weighted by molar-refractivity contribution is 7.85. The van der Waals surface area contributed by atoms with Crippen molar-refractivity contribution in [2.24, 2.45) is 0 Å². The van der Waals surface area contributed by atoms with E-state index < -0.39 is 10.1 Å². The quantitative estimate of drug-likeness (QED) is 0.442. The second-order valence-corrected chi connectivity index (χ2v) is 7.94. The van der Waals surface area contributed by atoms with Crippen molar-refractivity contribution in [3.63, 3.8) is 0 Å². The minimum atomic E-state index is -4.17. The Morgan fingerprint density at radius 2 is 0.714 bits per heavy atom. The van der Waals surface area contributed by atoms with Gasteiger partial charge in [-0.25, -0.2) is 0 Å². The first kappa shape index (κ1) is 18.2. The maximum absolute atomic E-state index is 11.2. The van der Waals surface area contributed by atoms with E-state index in [1.807, 2.05) is 42.5 Å². The fraction of sp³-hybridized carbons (Fsp3) is 0. The summed E-state index contributed by atoms with van der Waals surface area (Å²) in [7, 11) is -4.17. The lowest BCUT2D eigenvalue weighted by Gasteiger charge is -2.07. The molecule has 0 aliphatic heterocycles. The first-order valence-electron chi connectivity index (χ1n) is 8.84. The Hall–Kier alpha value is -3.21. The van der Waals surface area contributed by atoms with Crippen LogP contribution in [0.4, 0.5) is 0 Å². The monoisotopic (exact) mass is 386 g/mol. The molecule has 0 radical (unpaired) electrons. The average molecular weight is 386 g/mol. The molecule has 28 heavy (non-hydrogen) atoms. The molecule has 0 atom stereocenters. The molecule has 0 bridgehead atoms. The molecule has 0 unspecified atom stereocenters. The van der Waals surface area contributed by atoms with E-state index in [0.717, 1.165) is 22.3 Å². The molecule has 0 aliphatic rings. The molecule has 4 aromatic rings. The summed E-state index contributed by atoms with van der Waals surface area (Å²) in [4.78, 5) is -0.105. The zero-order valence-corrected chi connectivity index (χ0v) is 15.8. The van der Waals surface area contributed by atoms with Crippen molar-refractivity contribution >= 4 is 10.1 Å². The van der Waals surface area contributed by atoms with Gasteiger partial charge in [0.25, 0.3) is 10.1 Å². The molecule has 0 amide bonds. The van der Waals surface area contributed by atoms with Crippen molar-refractivity contribution < 1.29 is 13.0 Å². The van der Waals surface area contributed by atoms with Crippen LogP contribution < -0.4 is 0 Å². The van der Waals surface area contributed by atoms with Crippen LogP contribution in [0, 0.1) is 0 Å². The van der Waals surface area contributed by atoms with Gasteiger partial charge >= 0.3 is 0 Å². The molecular formula is C24H18O3S. The summed E-state index contributed by atoms with van der Waals surface area (Å²) < 4.78 is 31.4. The second kappa shape index (κ2) is 7.43. The third-order valence-electron chi connectivity index (χ3n) is 4.70. The summed E-state index contributed by atoms with van der Waals surface area (Å²) in [5.41, 5.74) is 6.48. The van der Waals surface area contributed by atoms with Gasteiger partial charge in [0.15, 0.2) is 0 Å². The first-order valence-corrected chi connectivity index (χ1v) is 10.3. The Balaban J connectivity index is 1.56. The smallest absolute Gasteiger partial charge is 0.282 e. The maximum Gasteiger partial charge on any atom is 0.294 e. The summed E-state index contributed by atoms with van der Waals surface area (Å²) in [6.07, 6.45) is 0. The van der Waals surface area contributed by atoms with E-state index in [1.165, 1.54) is 23.3 Å². The Bertz CT molecular complexity index is 1180. The molecule has 0 spiro atoms. The van der Waals surface area contributed by atoms with Gasteiger partial charge in [0.2, 0.25) is 0 Å². The zero-order valence-electron chi connectivity index (χ0n) is 15.0. The van der Waals surface area contributed by atoms with Crippen LogP contribution >= 0.6 is 0 Å². The molecule has 4 rings (SSSR count). The van der Waals surface area contributed by atoms with Crippen LogP contribution in [0.2, 0.25) is 0 Å². The lowest BCUT2D eigenvalue weighted by atomic mass is 9.98. The molecule has 0 heterocycles. The molecular weight excluding hydrogens is 368 g/mol. The van der Waals surface area contributed by atoms with E-state index in [1.54, 1.807) is 12.1 Å². The highest BCUT2D eigenvalue weighted by Crippen LogP contribution is 2.28. The van der Waals surface area contributed by atoms with Crippen molar-refractivity contribution in [2.75, 3.05) is 0 Å². The zero-order chi connectivity index (χ0) is 19.6. The van der Waals surface area contributed by atoms with E-state index in [-0.39, 0.29) is 4.90 Å². The summed E-state index contributed by atoms with van der Waals surface area (Å²) in [6.45, 7) is 0. The minimum absolute atomic E-state index is 0.105. The van der Waals surface area contributed by atoms with Gasteiger partial charge in [0.05, 0.1) is 4.90 Å². The molecule has 4 heteroatoms. The van der Waals surface area contributed by atoms with Crippen LogP contribution in [-0.4, -0.2) is 13.0 Å². The molecule has 0 saturated heterocycles. The van der Waals surface area contributed by atoms with Crippen molar-refractivity contribution in [3.05, 3.63) is 103 Å². The topological polar surface area (TPSA) is 54.4 Å². The largest absolute Gasteiger partial charge is 0.294 e. The van der Waals surface area contributed by atoms with E-state index in [9.17, 15) is 8.42 Å². The van der Waals surface area contributed by atoms with Crippen LogP contribution in [0.5, 0.6) is 0 Å². The average Bonchev–Trinajstić information content (AvgIpc) is 2.74. The summed E-state index contributed by atoms with van der Waals surface area (Å²) in [5.74, 6) is 0. The fourth-order valence-corrected chi connectivity index (χ4v) is 3.64. The SMILES string of the molecule is O=S(=O)(O)c1ccc(-c2ccc(-c3ccc(-c4ccccc4)cc3)cc2)cc1. The number of benzene rings is 4. The lowest BCUT2D eigenvalue weighted by Crippen LogP contribution is -1.97. The van der Waals surface area contributed by atoms with Crippen molar-refractivity contribution in [1.29, 1.82) is 0 Å². The van der Waals surface area contributed by atoms with Crippen LogP contribution in [-0.2, 0) is 10.1 Å². The van der Waals surface area contributed by atoms with Gasteiger partial charge in [-0.1, -0.05) is 91.0 Å². The molecule has 1 N–H and O–H groups in total. The summed E-state index contributed by atoms with van der Waals surface area (Å²) in [5, 5.41) is 0. The van der Waals surface area contributed by atoms with Gasteiger partial charge in [0, 0.05) is 0 Å². The van der Waals surface area contributed by atoms with Gasteiger partial charge in [-0.3, -0.25) is 4.55 Å². The van der Waals surface area contributed by atoms with Gasteiger partial charge in [-0.15, -0.1) is 0 Å². The van der Waals surface area contributed by atoms with Crippen LogP contribution in [0.3, 0.4) is 0 Å². The number of hydrogen-bond donors (Lipinski definition) is 1. The van der Waals surface area contributed by atoms with E-state index in [2.05, 4.69) is 36.4 Å². The predicted octanol–water partition coefficient (Wildman–Crippen LogP) is 5.93. The Kier molecular flexibility index (Phi) is 4.82. The maximum atomic E-state index is 11.2. The normalized spacial score (nSPS) is 11.3. The molecule has 0 aliphatic carbocycles. The van der Waals surface area contributed by atoms with E-state index in [4.69, 9.17) is 4.55 Å². The minimum Gasteiger partial charge on any atom is -0.282 e. The number of hydrogen-bond acceptors (Lipinski definition) is 2. The molecule has 3 nitrogen and oxygen atoms in total. The summed E-state index contributed by atoms with van der Waals surface area (Å²) in [6, 6.07) is 33.0. The third kappa shape index (κ3) is 3.88. The first-order chi connectivity index (χ1) is 13.5. The Morgan fingerprint density at radius 1 is 0.429 bits per heavy atom. The second-order valence-electron chi connectivity index (χ2n) is 6.52. The third-order valence-corrected chi connectivity index (χ3v) is 5.56. The van der Waals surface area contributed by atoms with Crippen molar-refractivity contribution in [2.45, 2.75) is 4.90 Å². The van der Waals surface area contributed by atoms with Crippen LogP contribution in [0.25, 0.3) is 33.4 Å². The Labute approximate surface area is 164 Å². The molecule has 138 valence electrons. The van der Waals surface area contributed by atoms with Crippen molar-refractivity contribution in [1.82, 2.24) is 0 Å². The Morgan fingerprint density at radius 3 is 1.04 bits per heavy atom. The highest BCUT2D eigenvalue weighted by Gasteiger charge is 2.09. The predicted molar refractivity (Wildman–Crippen MR) is 113 cm³/mol. The van der Waals surface area contributed by atoms with Gasteiger partial charge in [-0.2, -0.15) is 8.42 Å². The van der Waals surface area contributed by atoms with Crippen LogP contribution in [0.1, 0.15) is 0 Å². The molecule has 0 aromatic heterocycles. The van der Waals surface area contributed by atoms with E-state index in [0.29, 0.717) is 0 Å².